The molecule has 78 valence electrons. The highest BCUT2D eigenvalue weighted by Crippen LogP contribution is 2.18. The topological polar surface area (TPSA) is 59.6 Å². The summed E-state index contributed by atoms with van der Waals surface area (Å²) >= 11 is 0. The zero-order valence-corrected chi connectivity index (χ0v) is 8.33. The Morgan fingerprint density at radius 3 is 3.14 bits per heavy atom. The summed E-state index contributed by atoms with van der Waals surface area (Å²) in [6.07, 6.45) is 5.64. The van der Waals surface area contributed by atoms with E-state index >= 15 is 0 Å². The molecule has 1 saturated carbocycles. The highest BCUT2D eigenvalue weighted by Gasteiger charge is 2.21. The highest BCUT2D eigenvalue weighted by molar-refractivity contribution is 5.78. The van der Waals surface area contributed by atoms with Gasteiger partial charge in [-0.1, -0.05) is 6.08 Å². The molecule has 4 heteroatoms. The maximum absolute atomic E-state index is 5.70. The van der Waals surface area contributed by atoms with Gasteiger partial charge in [0.1, 0.15) is 0 Å². The van der Waals surface area contributed by atoms with E-state index in [9.17, 15) is 0 Å². The van der Waals surface area contributed by atoms with Gasteiger partial charge in [-0.05, 0) is 24.8 Å². The SMILES string of the molecule is NC(=NCC1=CCCOC1)NC1CC1. The monoisotopic (exact) mass is 195 g/mol. The van der Waals surface area contributed by atoms with Crippen molar-refractivity contribution in [2.75, 3.05) is 19.8 Å². The van der Waals surface area contributed by atoms with Crippen LogP contribution in [-0.2, 0) is 4.74 Å². The normalized spacial score (nSPS) is 23.1. The minimum absolute atomic E-state index is 0.568. The van der Waals surface area contributed by atoms with E-state index in [2.05, 4.69) is 16.4 Å². The summed E-state index contributed by atoms with van der Waals surface area (Å²) < 4.78 is 5.31. The maximum atomic E-state index is 5.70. The van der Waals surface area contributed by atoms with Crippen molar-refractivity contribution >= 4 is 5.96 Å². The second-order valence-corrected chi connectivity index (χ2v) is 3.82. The number of aliphatic imine (C=N–C) groups is 1. The molecule has 1 aliphatic heterocycles. The van der Waals surface area contributed by atoms with E-state index in [1.54, 1.807) is 0 Å². The lowest BCUT2D eigenvalue weighted by Gasteiger charge is -2.11. The van der Waals surface area contributed by atoms with Crippen LogP contribution in [0.25, 0.3) is 0 Å². The number of nitrogens with two attached hydrogens (primary N) is 1. The van der Waals surface area contributed by atoms with Crippen LogP contribution in [0.2, 0.25) is 0 Å². The number of hydrogen-bond acceptors (Lipinski definition) is 2. The van der Waals surface area contributed by atoms with E-state index in [-0.39, 0.29) is 0 Å². The molecule has 0 aromatic carbocycles. The Hall–Kier alpha value is -1.03. The summed E-state index contributed by atoms with van der Waals surface area (Å²) in [5, 5.41) is 3.15. The second-order valence-electron chi connectivity index (χ2n) is 3.82. The predicted octanol–water partition coefficient (Wildman–Crippen LogP) is 0.400. The number of guanidine groups is 1. The number of ether oxygens (including phenoxy) is 1. The Bertz CT molecular complexity index is 256. The number of nitrogens with zero attached hydrogens (tertiary/aromatic N) is 1. The summed E-state index contributed by atoms with van der Waals surface area (Å²) in [5.41, 5.74) is 6.94. The molecule has 14 heavy (non-hydrogen) atoms. The molecule has 0 aromatic heterocycles. The average molecular weight is 195 g/mol. The number of nitrogens with one attached hydrogen (secondary N) is 1. The van der Waals surface area contributed by atoms with Gasteiger partial charge in [0, 0.05) is 6.04 Å². The lowest BCUT2D eigenvalue weighted by Crippen LogP contribution is -2.33. The van der Waals surface area contributed by atoms with Crippen LogP contribution in [0.15, 0.2) is 16.6 Å². The molecule has 4 nitrogen and oxygen atoms in total. The van der Waals surface area contributed by atoms with Gasteiger partial charge in [-0.3, -0.25) is 0 Å². The smallest absolute Gasteiger partial charge is 0.189 e. The van der Waals surface area contributed by atoms with Crippen LogP contribution in [0, 0.1) is 0 Å². The fourth-order valence-electron chi connectivity index (χ4n) is 1.39. The lowest BCUT2D eigenvalue weighted by molar-refractivity contribution is 0.150. The summed E-state index contributed by atoms with van der Waals surface area (Å²) in [6, 6.07) is 0.579. The van der Waals surface area contributed by atoms with Crippen molar-refractivity contribution in [2.45, 2.75) is 25.3 Å². The van der Waals surface area contributed by atoms with E-state index in [0.717, 1.165) is 13.0 Å². The van der Waals surface area contributed by atoms with Crippen LogP contribution in [0.5, 0.6) is 0 Å². The van der Waals surface area contributed by atoms with Crippen LogP contribution >= 0.6 is 0 Å². The highest BCUT2D eigenvalue weighted by atomic mass is 16.5. The molecule has 1 heterocycles. The van der Waals surface area contributed by atoms with Gasteiger partial charge in [0.05, 0.1) is 19.8 Å². The van der Waals surface area contributed by atoms with Gasteiger partial charge >= 0.3 is 0 Å². The molecule has 0 aromatic rings. The van der Waals surface area contributed by atoms with Gasteiger partial charge in [-0.25, -0.2) is 4.99 Å². The maximum Gasteiger partial charge on any atom is 0.189 e. The van der Waals surface area contributed by atoms with Gasteiger partial charge in [0.2, 0.25) is 0 Å². The molecule has 1 fully saturated rings. The third-order valence-electron chi connectivity index (χ3n) is 2.36. The zero-order chi connectivity index (χ0) is 9.80. The van der Waals surface area contributed by atoms with Gasteiger partial charge in [0.25, 0.3) is 0 Å². The van der Waals surface area contributed by atoms with Crippen molar-refractivity contribution in [3.05, 3.63) is 11.6 Å². The first-order chi connectivity index (χ1) is 6.84. The third-order valence-corrected chi connectivity index (χ3v) is 2.36. The predicted molar refractivity (Wildman–Crippen MR) is 56.2 cm³/mol. The van der Waals surface area contributed by atoms with Crippen molar-refractivity contribution in [2.24, 2.45) is 10.7 Å². The molecule has 0 bridgehead atoms. The average Bonchev–Trinajstić information content (AvgIpc) is 3.00. The fraction of sp³-hybridized carbons (Fsp3) is 0.700. The number of rotatable bonds is 3. The van der Waals surface area contributed by atoms with Crippen LogP contribution < -0.4 is 11.1 Å². The van der Waals surface area contributed by atoms with Crippen molar-refractivity contribution < 1.29 is 4.74 Å². The third kappa shape index (κ3) is 3.03. The van der Waals surface area contributed by atoms with Crippen molar-refractivity contribution in [3.63, 3.8) is 0 Å². The zero-order valence-electron chi connectivity index (χ0n) is 8.33. The Kier molecular flexibility index (Phi) is 3.03. The molecular weight excluding hydrogens is 178 g/mol. The molecule has 2 aliphatic rings. The van der Waals surface area contributed by atoms with E-state index in [4.69, 9.17) is 10.5 Å². The van der Waals surface area contributed by atoms with Crippen molar-refractivity contribution in [3.8, 4) is 0 Å². The van der Waals surface area contributed by atoms with Crippen LogP contribution in [0.1, 0.15) is 19.3 Å². The quantitative estimate of drug-likeness (QED) is 0.389. The summed E-state index contributed by atoms with van der Waals surface area (Å²) in [7, 11) is 0. The molecule has 0 spiro atoms. The Morgan fingerprint density at radius 1 is 1.64 bits per heavy atom. The molecule has 3 N–H and O–H groups in total. The molecule has 0 saturated heterocycles. The molecule has 1 aliphatic carbocycles. The first-order valence-corrected chi connectivity index (χ1v) is 5.17. The van der Waals surface area contributed by atoms with E-state index in [0.29, 0.717) is 25.2 Å². The van der Waals surface area contributed by atoms with Gasteiger partial charge < -0.3 is 15.8 Å². The first kappa shape index (κ1) is 9.52. The van der Waals surface area contributed by atoms with Crippen molar-refractivity contribution in [1.82, 2.24) is 5.32 Å². The summed E-state index contributed by atoms with van der Waals surface area (Å²) in [6.45, 7) is 2.22. The molecular formula is C10H17N3O. The second kappa shape index (κ2) is 4.46. The molecule has 0 unspecified atom stereocenters. The van der Waals surface area contributed by atoms with Crippen LogP contribution in [0.3, 0.4) is 0 Å². The summed E-state index contributed by atoms with van der Waals surface area (Å²) in [4.78, 5) is 4.26. The van der Waals surface area contributed by atoms with Crippen LogP contribution in [-0.4, -0.2) is 31.8 Å². The fourth-order valence-corrected chi connectivity index (χ4v) is 1.39. The van der Waals surface area contributed by atoms with Crippen molar-refractivity contribution in [1.29, 1.82) is 0 Å². The van der Waals surface area contributed by atoms with E-state index < -0.39 is 0 Å². The Morgan fingerprint density at radius 2 is 2.50 bits per heavy atom. The minimum Gasteiger partial charge on any atom is -0.377 e. The van der Waals surface area contributed by atoms with Gasteiger partial charge in [-0.15, -0.1) is 0 Å². The van der Waals surface area contributed by atoms with E-state index in [1.165, 1.54) is 18.4 Å². The first-order valence-electron chi connectivity index (χ1n) is 5.17. The van der Waals surface area contributed by atoms with Gasteiger partial charge in [-0.2, -0.15) is 0 Å². The van der Waals surface area contributed by atoms with E-state index in [1.807, 2.05) is 0 Å². The Balaban J connectivity index is 1.75. The molecule has 0 amide bonds. The summed E-state index contributed by atoms with van der Waals surface area (Å²) in [5.74, 6) is 0.568. The molecule has 2 rings (SSSR count). The number of hydrogen-bond donors (Lipinski definition) is 2. The minimum atomic E-state index is 0.568. The van der Waals surface area contributed by atoms with Crippen LogP contribution in [0.4, 0.5) is 0 Å². The largest absolute Gasteiger partial charge is 0.377 e. The standard InChI is InChI=1S/C10H17N3O/c11-10(13-9-3-4-9)12-6-8-2-1-5-14-7-8/h2,9H,1,3-7H2,(H3,11,12,13). The Labute approximate surface area is 84.2 Å². The van der Waals surface area contributed by atoms with Gasteiger partial charge in [0.15, 0.2) is 5.96 Å². The molecule has 0 radical (unpaired) electrons. The lowest BCUT2D eigenvalue weighted by atomic mass is 10.2. The molecule has 0 atom stereocenters.